The molecule has 2 rings (SSSR count). The summed E-state index contributed by atoms with van der Waals surface area (Å²) >= 11 is 0. The number of aromatic nitrogens is 2. The molecule has 0 saturated carbocycles. The number of anilines is 2. The average molecular weight is 233 g/mol. The fourth-order valence-corrected chi connectivity index (χ4v) is 2.20. The number of hydrogen-bond donors (Lipinski definition) is 1. The maximum Gasteiger partial charge on any atom is 0.170 e. The van der Waals surface area contributed by atoms with Crippen molar-refractivity contribution < 1.29 is 0 Å². The Labute approximate surface area is 102 Å². The number of hydrogen-bond acceptors (Lipinski definition) is 4. The lowest BCUT2D eigenvalue weighted by Crippen LogP contribution is -2.19. The van der Waals surface area contributed by atoms with Crippen LogP contribution in [0.2, 0.25) is 0 Å². The highest BCUT2D eigenvalue weighted by atomic mass is 15.4. The Kier molecular flexibility index (Phi) is 3.23. The molecule has 1 aromatic heterocycles. The van der Waals surface area contributed by atoms with Crippen LogP contribution in [0.4, 0.5) is 11.6 Å². The lowest BCUT2D eigenvalue weighted by atomic mass is 10.2. The summed E-state index contributed by atoms with van der Waals surface area (Å²) in [5.41, 5.74) is 6.52. The molecule has 2 N–H and O–H groups in total. The van der Waals surface area contributed by atoms with E-state index < -0.39 is 0 Å². The second-order valence-corrected chi connectivity index (χ2v) is 4.97. The van der Waals surface area contributed by atoms with Crippen molar-refractivity contribution in [2.24, 2.45) is 5.92 Å². The first kappa shape index (κ1) is 11.8. The molecule has 5 nitrogen and oxygen atoms in total. The van der Waals surface area contributed by atoms with Crippen molar-refractivity contribution in [2.75, 3.05) is 23.7 Å². The Balaban J connectivity index is 2.34. The van der Waals surface area contributed by atoms with Gasteiger partial charge in [-0.15, -0.1) is 0 Å². The highest BCUT2D eigenvalue weighted by molar-refractivity contribution is 5.65. The van der Waals surface area contributed by atoms with E-state index in [0.717, 1.165) is 25.5 Å². The average Bonchev–Trinajstić information content (AvgIpc) is 2.87. The van der Waals surface area contributed by atoms with Gasteiger partial charge >= 0.3 is 0 Å². The first-order valence-electron chi connectivity index (χ1n) is 6.14. The normalized spacial score (nSPS) is 15.5. The van der Waals surface area contributed by atoms with Gasteiger partial charge in [-0.2, -0.15) is 10.4 Å². The van der Waals surface area contributed by atoms with Crippen molar-refractivity contribution in [3.05, 3.63) is 5.56 Å². The summed E-state index contributed by atoms with van der Waals surface area (Å²) in [6.45, 7) is 6.94. The van der Waals surface area contributed by atoms with Gasteiger partial charge in [-0.05, 0) is 18.8 Å². The van der Waals surface area contributed by atoms with Gasteiger partial charge in [0.15, 0.2) is 5.82 Å². The minimum Gasteiger partial charge on any atom is -0.383 e. The second kappa shape index (κ2) is 4.66. The van der Waals surface area contributed by atoms with E-state index in [1.165, 1.54) is 12.8 Å². The number of nitrogen functional groups attached to an aromatic ring is 1. The Morgan fingerprint density at radius 2 is 2.06 bits per heavy atom. The maximum absolute atomic E-state index is 9.20. The van der Waals surface area contributed by atoms with Crippen LogP contribution in [0.1, 0.15) is 32.3 Å². The Morgan fingerprint density at radius 3 is 2.59 bits per heavy atom. The van der Waals surface area contributed by atoms with Gasteiger partial charge < -0.3 is 10.6 Å². The van der Waals surface area contributed by atoms with E-state index in [0.29, 0.717) is 17.3 Å². The third-order valence-electron chi connectivity index (χ3n) is 3.03. The second-order valence-electron chi connectivity index (χ2n) is 4.97. The van der Waals surface area contributed by atoms with Crippen LogP contribution >= 0.6 is 0 Å². The van der Waals surface area contributed by atoms with Gasteiger partial charge in [0.25, 0.3) is 0 Å². The Hall–Kier alpha value is -1.70. The van der Waals surface area contributed by atoms with E-state index in [9.17, 15) is 5.26 Å². The molecule has 0 spiro atoms. The molecule has 5 heteroatoms. The quantitative estimate of drug-likeness (QED) is 0.860. The zero-order valence-electron chi connectivity index (χ0n) is 10.5. The highest BCUT2D eigenvalue weighted by Gasteiger charge is 2.23. The molecule has 0 aliphatic carbocycles. The molecule has 17 heavy (non-hydrogen) atoms. The number of nitrogens with zero attached hydrogens (tertiary/aromatic N) is 4. The van der Waals surface area contributed by atoms with Gasteiger partial charge in [0, 0.05) is 19.6 Å². The van der Waals surface area contributed by atoms with E-state index in [4.69, 9.17) is 5.73 Å². The van der Waals surface area contributed by atoms with Crippen LogP contribution in [0.25, 0.3) is 0 Å². The first-order chi connectivity index (χ1) is 8.13. The smallest absolute Gasteiger partial charge is 0.170 e. The lowest BCUT2D eigenvalue weighted by molar-refractivity contribution is 0.488. The van der Waals surface area contributed by atoms with Crippen LogP contribution in [-0.4, -0.2) is 22.9 Å². The molecule has 2 heterocycles. The molecular weight excluding hydrogens is 214 g/mol. The molecule has 0 atom stereocenters. The van der Waals surface area contributed by atoms with Crippen LogP contribution in [0, 0.1) is 17.2 Å². The highest BCUT2D eigenvalue weighted by Crippen LogP contribution is 2.27. The molecule has 1 saturated heterocycles. The summed E-state index contributed by atoms with van der Waals surface area (Å²) in [4.78, 5) is 2.16. The topological polar surface area (TPSA) is 70.9 Å². The largest absolute Gasteiger partial charge is 0.383 e. The van der Waals surface area contributed by atoms with Crippen molar-refractivity contribution in [3.8, 4) is 6.07 Å². The zero-order chi connectivity index (χ0) is 12.4. The third-order valence-corrected chi connectivity index (χ3v) is 3.03. The molecule has 1 aliphatic rings. The summed E-state index contributed by atoms with van der Waals surface area (Å²) in [5.74, 6) is 1.74. The molecule has 0 aromatic carbocycles. The van der Waals surface area contributed by atoms with Gasteiger partial charge in [-0.1, -0.05) is 13.8 Å². The van der Waals surface area contributed by atoms with Crippen molar-refractivity contribution in [1.29, 1.82) is 5.26 Å². The van der Waals surface area contributed by atoms with Crippen molar-refractivity contribution in [2.45, 2.75) is 33.2 Å². The number of nitriles is 1. The van der Waals surface area contributed by atoms with Crippen LogP contribution in [-0.2, 0) is 6.54 Å². The summed E-state index contributed by atoms with van der Waals surface area (Å²) in [6, 6.07) is 2.18. The fraction of sp³-hybridized carbons (Fsp3) is 0.667. The molecule has 1 aliphatic heterocycles. The molecule has 0 bridgehead atoms. The minimum absolute atomic E-state index is 0.468. The molecule has 0 unspecified atom stereocenters. The summed E-state index contributed by atoms with van der Waals surface area (Å²) in [7, 11) is 0. The van der Waals surface area contributed by atoms with Crippen LogP contribution in [0.3, 0.4) is 0 Å². The fourth-order valence-electron chi connectivity index (χ4n) is 2.20. The molecule has 92 valence electrons. The molecule has 0 radical (unpaired) electrons. The van der Waals surface area contributed by atoms with Crippen molar-refractivity contribution in [1.82, 2.24) is 9.78 Å². The predicted molar refractivity (Wildman–Crippen MR) is 67.6 cm³/mol. The van der Waals surface area contributed by atoms with Gasteiger partial charge in [-0.3, -0.25) is 0 Å². The Morgan fingerprint density at radius 1 is 1.41 bits per heavy atom. The van der Waals surface area contributed by atoms with E-state index >= 15 is 0 Å². The predicted octanol–water partition coefficient (Wildman–Crippen LogP) is 1.59. The van der Waals surface area contributed by atoms with E-state index in [-0.39, 0.29) is 0 Å². The van der Waals surface area contributed by atoms with E-state index in [1.54, 1.807) is 4.68 Å². The summed E-state index contributed by atoms with van der Waals surface area (Å²) in [5, 5.41) is 13.7. The first-order valence-corrected chi connectivity index (χ1v) is 6.14. The van der Waals surface area contributed by atoms with Gasteiger partial charge in [0.05, 0.1) is 0 Å². The van der Waals surface area contributed by atoms with Gasteiger partial charge in [-0.25, -0.2) is 4.68 Å². The summed E-state index contributed by atoms with van der Waals surface area (Å²) < 4.78 is 1.76. The molecule has 1 aromatic rings. The molecule has 1 fully saturated rings. The monoisotopic (exact) mass is 233 g/mol. The van der Waals surface area contributed by atoms with Gasteiger partial charge in [0.2, 0.25) is 0 Å². The summed E-state index contributed by atoms with van der Waals surface area (Å²) in [6.07, 6.45) is 2.34. The van der Waals surface area contributed by atoms with E-state index in [1.807, 2.05) is 0 Å². The number of rotatable bonds is 3. The van der Waals surface area contributed by atoms with Crippen LogP contribution < -0.4 is 10.6 Å². The third kappa shape index (κ3) is 2.21. The zero-order valence-corrected chi connectivity index (χ0v) is 10.5. The molecule has 0 amide bonds. The van der Waals surface area contributed by atoms with Gasteiger partial charge in [0.1, 0.15) is 17.5 Å². The van der Waals surface area contributed by atoms with E-state index in [2.05, 4.69) is 29.9 Å². The van der Waals surface area contributed by atoms with Crippen molar-refractivity contribution >= 4 is 11.6 Å². The minimum atomic E-state index is 0.468. The molecular formula is C12H19N5. The standard InChI is InChI=1S/C12H19N5/c1-9(2)8-17-11(14)10(7-13)12(15-17)16-5-3-4-6-16/h9H,3-6,8,14H2,1-2H3. The Bertz CT molecular complexity index is 434. The van der Waals surface area contributed by atoms with Crippen LogP contribution in [0.5, 0.6) is 0 Å². The van der Waals surface area contributed by atoms with Crippen LogP contribution in [0.15, 0.2) is 0 Å². The van der Waals surface area contributed by atoms with Crippen molar-refractivity contribution in [3.63, 3.8) is 0 Å². The number of nitrogens with two attached hydrogens (primary N) is 1. The maximum atomic E-state index is 9.20. The SMILES string of the molecule is CC(C)Cn1nc(N2CCCC2)c(C#N)c1N. The lowest BCUT2D eigenvalue weighted by Gasteiger charge is -2.13.